The third kappa shape index (κ3) is 8.60. The number of likely N-dealkylation sites (tertiary alicyclic amines) is 1. The number of aliphatic hydroxyl groups excluding tert-OH is 1. The van der Waals surface area contributed by atoms with Gasteiger partial charge < -0.3 is 25.3 Å². The molecular weight excluding hydrogens is 647 g/mol. The molecule has 0 spiro atoms. The minimum Gasteiger partial charge on any atom is -0.368 e. The number of benzene rings is 2. The predicted octanol–water partition coefficient (Wildman–Crippen LogP) is 5.63. The molecule has 4 heterocycles. The number of carbonyl (C=O) groups excluding carboxylic acids is 2. The second-order valence-corrected chi connectivity index (χ2v) is 16.0. The van der Waals surface area contributed by atoms with E-state index in [9.17, 15) is 19.8 Å². The van der Waals surface area contributed by atoms with E-state index in [1.165, 1.54) is 35.3 Å². The zero-order chi connectivity index (χ0) is 35.4. The maximum atomic E-state index is 13.5. The van der Waals surface area contributed by atoms with E-state index in [2.05, 4.69) is 72.1 Å². The fourth-order valence-electron chi connectivity index (χ4n) is 6.52. The highest BCUT2D eigenvalue weighted by molar-refractivity contribution is 7.14. The van der Waals surface area contributed by atoms with Gasteiger partial charge in [-0.3, -0.25) is 9.59 Å². The van der Waals surface area contributed by atoms with Gasteiger partial charge in [-0.1, -0.05) is 82.6 Å². The summed E-state index contributed by atoms with van der Waals surface area (Å²) in [5, 5.41) is 22.0. The number of unbranched alkanes of at least 4 members (excludes halogenated alkanes) is 1. The van der Waals surface area contributed by atoms with Crippen LogP contribution in [0.15, 0.2) is 73.1 Å². The number of thiophene rings is 1. The minimum atomic E-state index is -1.47. The van der Waals surface area contributed by atoms with Crippen LogP contribution in [0, 0.1) is 11.8 Å². The van der Waals surface area contributed by atoms with E-state index in [0.717, 1.165) is 47.6 Å². The average molecular weight is 696 g/mol. The summed E-state index contributed by atoms with van der Waals surface area (Å²) in [6, 6.07) is 19.8. The van der Waals surface area contributed by atoms with Crippen LogP contribution >= 0.6 is 11.3 Å². The van der Waals surface area contributed by atoms with E-state index in [4.69, 9.17) is 0 Å². The van der Waals surface area contributed by atoms with Crippen LogP contribution in [0.4, 0.5) is 5.69 Å². The fraction of sp³-hybridized carbons (Fsp3) is 0.450. The molecule has 2 aliphatic rings. The standard InChI is InChI=1S/C40H49N5O4S/c1-5-6-7-26-8-10-27(11-9-26)18-29-22-44(23-29)32-20-41-36(42-21-32)30-14-12-28(13-15-30)19-33(38(47)45-24-31(25-45)39(48)49)43-37(46)34-16-17-35(50-34)40(2,3)4/h8-17,20-21,29,31,33,39,48-49H,5-7,18-19,22-25H2,1-4H3,(H,43,46). The van der Waals surface area contributed by atoms with E-state index >= 15 is 0 Å². The Morgan fingerprint density at radius 1 is 0.900 bits per heavy atom. The van der Waals surface area contributed by atoms with Crippen LogP contribution in [-0.4, -0.2) is 75.4 Å². The molecule has 2 aromatic heterocycles. The lowest BCUT2D eigenvalue weighted by Gasteiger charge is -2.41. The molecule has 6 rings (SSSR count). The van der Waals surface area contributed by atoms with Crippen molar-refractivity contribution in [2.45, 2.75) is 77.5 Å². The molecule has 0 bridgehead atoms. The number of nitrogens with zero attached hydrogens (tertiary/aromatic N) is 4. The lowest BCUT2D eigenvalue weighted by Crippen LogP contribution is -2.59. The van der Waals surface area contributed by atoms with Crippen molar-refractivity contribution in [3.05, 3.63) is 99.5 Å². The number of nitrogens with one attached hydrogen (secondary N) is 1. The summed E-state index contributed by atoms with van der Waals surface area (Å²) in [5.41, 5.74) is 5.51. The first-order valence-corrected chi connectivity index (χ1v) is 18.6. The summed E-state index contributed by atoms with van der Waals surface area (Å²) < 4.78 is 0. The lowest BCUT2D eigenvalue weighted by molar-refractivity contribution is -0.157. The Hall–Kier alpha value is -4.12. The van der Waals surface area contributed by atoms with E-state index in [-0.39, 0.29) is 36.2 Å². The van der Waals surface area contributed by atoms with Crippen molar-refractivity contribution in [3.63, 3.8) is 0 Å². The number of hydrogen-bond donors (Lipinski definition) is 3. The van der Waals surface area contributed by atoms with Gasteiger partial charge in [0, 0.05) is 49.0 Å². The van der Waals surface area contributed by atoms with Gasteiger partial charge in [0.2, 0.25) is 5.91 Å². The molecule has 2 amide bonds. The molecule has 2 aliphatic heterocycles. The summed E-state index contributed by atoms with van der Waals surface area (Å²) in [6.07, 6.45) is 7.30. The van der Waals surface area contributed by atoms with Crippen molar-refractivity contribution in [2.75, 3.05) is 31.1 Å². The molecule has 0 radical (unpaired) electrons. The van der Waals surface area contributed by atoms with Gasteiger partial charge in [0.15, 0.2) is 12.1 Å². The molecule has 10 heteroatoms. The summed E-state index contributed by atoms with van der Waals surface area (Å²) in [6.45, 7) is 11.0. The molecule has 50 heavy (non-hydrogen) atoms. The summed E-state index contributed by atoms with van der Waals surface area (Å²) >= 11 is 1.43. The highest BCUT2D eigenvalue weighted by Crippen LogP contribution is 2.30. The molecule has 9 nitrogen and oxygen atoms in total. The second kappa shape index (κ2) is 15.4. The average Bonchev–Trinajstić information content (AvgIpc) is 3.57. The Morgan fingerprint density at radius 2 is 1.54 bits per heavy atom. The monoisotopic (exact) mass is 695 g/mol. The van der Waals surface area contributed by atoms with Gasteiger partial charge in [0.05, 0.1) is 23.0 Å². The molecular formula is C40H49N5O4S. The summed E-state index contributed by atoms with van der Waals surface area (Å²) in [4.78, 5) is 41.7. The van der Waals surface area contributed by atoms with Crippen molar-refractivity contribution in [1.29, 1.82) is 0 Å². The predicted molar refractivity (Wildman–Crippen MR) is 198 cm³/mol. The molecule has 3 N–H and O–H groups in total. The third-order valence-electron chi connectivity index (χ3n) is 9.79. The van der Waals surface area contributed by atoms with Crippen molar-refractivity contribution in [1.82, 2.24) is 20.2 Å². The maximum absolute atomic E-state index is 13.5. The van der Waals surface area contributed by atoms with Gasteiger partial charge in [-0.15, -0.1) is 11.3 Å². The highest BCUT2D eigenvalue weighted by atomic mass is 32.1. The maximum Gasteiger partial charge on any atom is 0.262 e. The Labute approximate surface area is 299 Å². The topological polar surface area (TPSA) is 119 Å². The van der Waals surface area contributed by atoms with Crippen LogP contribution in [0.25, 0.3) is 11.4 Å². The zero-order valence-corrected chi connectivity index (χ0v) is 30.3. The van der Waals surface area contributed by atoms with E-state index in [1.54, 1.807) is 11.0 Å². The Morgan fingerprint density at radius 3 is 2.14 bits per heavy atom. The number of aliphatic hydroxyl groups is 2. The van der Waals surface area contributed by atoms with Crippen LogP contribution in [0.2, 0.25) is 0 Å². The summed E-state index contributed by atoms with van der Waals surface area (Å²) in [7, 11) is 0. The molecule has 2 fully saturated rings. The van der Waals surface area contributed by atoms with Gasteiger partial charge in [-0.2, -0.15) is 0 Å². The molecule has 1 atom stereocenters. The van der Waals surface area contributed by atoms with E-state index in [0.29, 0.717) is 23.0 Å². The normalized spacial score (nSPS) is 15.9. The van der Waals surface area contributed by atoms with Gasteiger partial charge >= 0.3 is 0 Å². The van der Waals surface area contributed by atoms with Gasteiger partial charge in [0.25, 0.3) is 5.91 Å². The smallest absolute Gasteiger partial charge is 0.262 e. The molecule has 0 saturated carbocycles. The van der Waals surface area contributed by atoms with Crippen LogP contribution < -0.4 is 10.2 Å². The number of amides is 2. The van der Waals surface area contributed by atoms with Crippen molar-refractivity contribution >= 4 is 28.8 Å². The van der Waals surface area contributed by atoms with Gasteiger partial charge in [-0.25, -0.2) is 9.97 Å². The number of aromatic nitrogens is 2. The van der Waals surface area contributed by atoms with Gasteiger partial charge in [0.1, 0.15) is 6.04 Å². The number of hydrogen-bond acceptors (Lipinski definition) is 8. The number of anilines is 1. The van der Waals surface area contributed by atoms with Crippen molar-refractivity contribution in [3.8, 4) is 11.4 Å². The first-order valence-electron chi connectivity index (χ1n) is 17.8. The molecule has 1 unspecified atom stereocenters. The molecule has 264 valence electrons. The Balaban J connectivity index is 1.05. The quantitative estimate of drug-likeness (QED) is 0.155. The third-order valence-corrected chi connectivity index (χ3v) is 11.3. The SMILES string of the molecule is CCCCc1ccc(CC2CN(c3cnc(-c4ccc(CC(NC(=O)c5ccc(C(C)(C)C)s5)C(=O)N5CC(C(O)O)C5)cc4)nc3)C2)cc1. The van der Waals surface area contributed by atoms with E-state index < -0.39 is 12.3 Å². The minimum absolute atomic E-state index is 0.0824. The largest absolute Gasteiger partial charge is 0.368 e. The first kappa shape index (κ1) is 35.7. The summed E-state index contributed by atoms with van der Waals surface area (Å²) in [5.74, 6) is 0.341. The van der Waals surface area contributed by atoms with Crippen LogP contribution in [0.1, 0.15) is 71.8 Å². The number of aryl methyl sites for hydroxylation is 1. The molecule has 2 aromatic carbocycles. The molecule has 0 aliphatic carbocycles. The van der Waals surface area contributed by atoms with E-state index in [1.807, 2.05) is 42.7 Å². The zero-order valence-electron chi connectivity index (χ0n) is 29.5. The number of rotatable bonds is 13. The highest BCUT2D eigenvalue weighted by Gasteiger charge is 2.38. The first-order chi connectivity index (χ1) is 24.0. The lowest BCUT2D eigenvalue weighted by atomic mass is 9.91. The Kier molecular flexibility index (Phi) is 11.0. The molecule has 4 aromatic rings. The van der Waals surface area contributed by atoms with Gasteiger partial charge in [-0.05, 0) is 59.4 Å². The van der Waals surface area contributed by atoms with Crippen molar-refractivity contribution < 1.29 is 19.8 Å². The Bertz CT molecular complexity index is 1740. The fourth-order valence-corrected chi connectivity index (χ4v) is 7.49. The second-order valence-electron chi connectivity index (χ2n) is 14.9. The van der Waals surface area contributed by atoms with Crippen LogP contribution in [0.3, 0.4) is 0 Å². The van der Waals surface area contributed by atoms with Crippen molar-refractivity contribution in [2.24, 2.45) is 11.8 Å². The van der Waals surface area contributed by atoms with Crippen LogP contribution in [-0.2, 0) is 29.5 Å². The number of carbonyl (C=O) groups is 2. The van der Waals surface area contributed by atoms with Crippen LogP contribution in [0.5, 0.6) is 0 Å². The molecule has 2 saturated heterocycles.